The Morgan fingerprint density at radius 2 is 1.74 bits per heavy atom. The smallest absolute Gasteiger partial charge is 0.335 e. The number of hydrogen-bond acceptors (Lipinski definition) is 6. The number of rotatable bonds is 7. The summed E-state index contributed by atoms with van der Waals surface area (Å²) in [6, 6.07) is 20.2. The Kier molecular flexibility index (Phi) is 6.97. The first-order chi connectivity index (χ1) is 17.0. The van der Waals surface area contributed by atoms with Gasteiger partial charge >= 0.3 is 11.4 Å². The van der Waals surface area contributed by atoms with Crippen molar-refractivity contribution in [3.63, 3.8) is 0 Å². The molecule has 0 spiro atoms. The lowest BCUT2D eigenvalue weighted by Gasteiger charge is -2.10. The van der Waals surface area contributed by atoms with E-state index in [1.807, 2.05) is 6.07 Å². The zero-order chi connectivity index (χ0) is 24.8. The van der Waals surface area contributed by atoms with Gasteiger partial charge < -0.3 is 4.74 Å². The number of nitriles is 1. The second-order valence-electron chi connectivity index (χ2n) is 7.50. The van der Waals surface area contributed by atoms with Gasteiger partial charge in [0.15, 0.2) is 0 Å². The molecule has 35 heavy (non-hydrogen) atoms. The minimum Gasteiger partial charge on any atom is -0.439 e. The summed E-state index contributed by atoms with van der Waals surface area (Å²) in [6.07, 6.45) is 0. The Morgan fingerprint density at radius 3 is 2.40 bits per heavy atom. The van der Waals surface area contributed by atoms with Crippen LogP contribution in [0.1, 0.15) is 23.7 Å². The summed E-state index contributed by atoms with van der Waals surface area (Å²) >= 11 is 0. The number of nitrogens with one attached hydrogen (secondary N) is 1. The van der Waals surface area contributed by atoms with Crippen molar-refractivity contribution in [3.05, 3.63) is 110 Å². The third-order valence-corrected chi connectivity index (χ3v) is 5.15. The van der Waals surface area contributed by atoms with Crippen LogP contribution in [0.2, 0.25) is 0 Å². The maximum absolute atomic E-state index is 13.0. The summed E-state index contributed by atoms with van der Waals surface area (Å²) in [6.45, 7) is 1.47. The van der Waals surface area contributed by atoms with Crippen LogP contribution in [0.15, 0.2) is 81.3 Å². The van der Waals surface area contributed by atoms with Crippen LogP contribution in [0.4, 0.5) is 10.1 Å². The van der Waals surface area contributed by atoms with Crippen LogP contribution in [0.3, 0.4) is 0 Å². The molecule has 0 saturated carbocycles. The number of benzene rings is 2. The molecular formula is C25H21FN6O3. The van der Waals surface area contributed by atoms with Gasteiger partial charge in [-0.1, -0.05) is 30.3 Å². The highest BCUT2D eigenvalue weighted by molar-refractivity contribution is 5.42. The summed E-state index contributed by atoms with van der Waals surface area (Å²) < 4.78 is 20.9. The number of halogens is 1. The molecule has 4 aromatic rings. The van der Waals surface area contributed by atoms with E-state index in [-0.39, 0.29) is 30.3 Å². The van der Waals surface area contributed by atoms with Gasteiger partial charge in [-0.15, -0.1) is 0 Å². The first kappa shape index (κ1) is 23.4. The molecular weight excluding hydrogens is 451 g/mol. The van der Waals surface area contributed by atoms with E-state index in [0.717, 1.165) is 10.1 Å². The number of alkyl halides is 1. The number of aromatic nitrogens is 4. The fourth-order valence-corrected chi connectivity index (χ4v) is 3.35. The fourth-order valence-electron chi connectivity index (χ4n) is 3.35. The molecule has 176 valence electrons. The van der Waals surface area contributed by atoms with E-state index in [0.29, 0.717) is 17.0 Å². The monoisotopic (exact) mass is 472 g/mol. The van der Waals surface area contributed by atoms with Gasteiger partial charge in [0.25, 0.3) is 0 Å². The van der Waals surface area contributed by atoms with E-state index in [4.69, 9.17) is 10.00 Å². The Morgan fingerprint density at radius 1 is 1.03 bits per heavy atom. The molecule has 0 saturated heterocycles. The molecule has 2 aromatic carbocycles. The number of ether oxygens (including phenoxy) is 1. The maximum atomic E-state index is 13.0. The van der Waals surface area contributed by atoms with Crippen molar-refractivity contribution in [2.75, 3.05) is 0 Å². The molecule has 0 fully saturated rings. The Hall–Kier alpha value is -4.78. The lowest BCUT2D eigenvalue weighted by Crippen LogP contribution is -2.49. The Labute approximate surface area is 199 Å². The molecule has 0 amide bonds. The molecule has 4 rings (SSSR count). The van der Waals surface area contributed by atoms with Gasteiger partial charge in [-0.2, -0.15) is 5.26 Å². The molecule has 0 aliphatic rings. The summed E-state index contributed by atoms with van der Waals surface area (Å²) in [4.78, 5) is 36.6. The Bertz CT molecular complexity index is 1560. The van der Waals surface area contributed by atoms with Gasteiger partial charge in [-0.25, -0.2) is 28.5 Å². The van der Waals surface area contributed by atoms with Crippen molar-refractivity contribution in [1.29, 1.82) is 5.26 Å². The van der Waals surface area contributed by atoms with Crippen molar-refractivity contribution < 1.29 is 9.13 Å². The van der Waals surface area contributed by atoms with Gasteiger partial charge in [0, 0.05) is 12.6 Å². The largest absolute Gasteiger partial charge is 0.439 e. The average Bonchev–Trinajstić information content (AvgIpc) is 2.88. The molecule has 0 bridgehead atoms. The highest BCUT2D eigenvalue weighted by atomic mass is 19.1. The number of nitrogens with zero attached hydrogens (tertiary/aromatic N) is 5. The average molecular weight is 472 g/mol. The molecule has 0 aliphatic carbocycles. The first-order valence-electron chi connectivity index (χ1n) is 10.8. The van der Waals surface area contributed by atoms with Crippen molar-refractivity contribution in [3.8, 4) is 17.7 Å². The summed E-state index contributed by atoms with van der Waals surface area (Å²) in [5.41, 5.74) is 1.01. The molecule has 1 N–H and O–H groups in total. The molecule has 0 radical (unpaired) electrons. The Balaban J connectivity index is 1.69. The highest BCUT2D eigenvalue weighted by Crippen LogP contribution is 2.22. The summed E-state index contributed by atoms with van der Waals surface area (Å²) in [5, 5.41) is 8.97. The quantitative estimate of drug-likeness (QED) is 0.443. The number of hydrogen-bond donors (Lipinski definition) is 1. The van der Waals surface area contributed by atoms with E-state index in [1.165, 1.54) is 4.57 Å². The van der Waals surface area contributed by atoms with Crippen LogP contribution < -0.4 is 21.7 Å². The van der Waals surface area contributed by atoms with Gasteiger partial charge in [-0.3, -0.25) is 9.55 Å². The van der Waals surface area contributed by atoms with Gasteiger partial charge in [0.1, 0.15) is 24.2 Å². The molecule has 0 unspecified atom stereocenters. The third kappa shape index (κ3) is 5.42. The van der Waals surface area contributed by atoms with Crippen molar-refractivity contribution in [2.24, 2.45) is 4.99 Å². The van der Waals surface area contributed by atoms with E-state index in [2.05, 4.69) is 15.0 Å². The standard InChI is InChI=1S/C25H21FN6O3/c1-2-31-24(33)30-23(32(25(31)34)16-18-8-6-17(14-26)7-9-18)29-19-10-12-21(13-11-19)35-22-5-3-4-20(15-27)28-22/h3-13H,2,14,16H2,1H3,(H,29,30,33). The lowest BCUT2D eigenvalue weighted by molar-refractivity contribution is 0.462. The SMILES string of the molecule is CCn1c(=O)[nH]/c(=N\c2ccc(Oc3cccc(C#N)n3)cc2)n(Cc2ccc(CF)cc2)c1=O. The van der Waals surface area contributed by atoms with Crippen LogP contribution in [0.5, 0.6) is 11.6 Å². The molecule has 0 atom stereocenters. The van der Waals surface area contributed by atoms with Crippen LogP contribution in [-0.4, -0.2) is 19.1 Å². The summed E-state index contributed by atoms with van der Waals surface area (Å²) in [7, 11) is 0. The lowest BCUT2D eigenvalue weighted by atomic mass is 10.1. The van der Waals surface area contributed by atoms with Gasteiger partial charge in [-0.05, 0) is 48.4 Å². The zero-order valence-electron chi connectivity index (χ0n) is 18.8. The van der Waals surface area contributed by atoms with Crippen LogP contribution >= 0.6 is 0 Å². The second kappa shape index (κ2) is 10.4. The molecule has 0 aliphatic heterocycles. The van der Waals surface area contributed by atoms with Gasteiger partial charge in [0.05, 0.1) is 12.2 Å². The van der Waals surface area contributed by atoms with E-state index >= 15 is 0 Å². The number of aromatic amines is 1. The van der Waals surface area contributed by atoms with Crippen molar-refractivity contribution in [1.82, 2.24) is 19.1 Å². The normalized spacial score (nSPS) is 11.3. The number of H-pyrrole nitrogens is 1. The van der Waals surface area contributed by atoms with Crippen LogP contribution in [-0.2, 0) is 19.8 Å². The predicted octanol–water partition coefficient (Wildman–Crippen LogP) is 3.17. The molecule has 9 nitrogen and oxygen atoms in total. The minimum atomic E-state index is -0.575. The van der Waals surface area contributed by atoms with E-state index in [9.17, 15) is 14.0 Å². The van der Waals surface area contributed by atoms with Crippen molar-refractivity contribution in [2.45, 2.75) is 26.7 Å². The third-order valence-electron chi connectivity index (χ3n) is 5.15. The number of pyridine rings is 1. The predicted molar refractivity (Wildman–Crippen MR) is 126 cm³/mol. The van der Waals surface area contributed by atoms with Crippen LogP contribution in [0.25, 0.3) is 0 Å². The van der Waals surface area contributed by atoms with Crippen molar-refractivity contribution >= 4 is 5.69 Å². The van der Waals surface area contributed by atoms with E-state index < -0.39 is 18.1 Å². The highest BCUT2D eigenvalue weighted by Gasteiger charge is 2.09. The summed E-state index contributed by atoms with van der Waals surface area (Å²) in [5.74, 6) is 0.750. The molecule has 2 aromatic heterocycles. The molecule has 10 heteroatoms. The maximum Gasteiger partial charge on any atom is 0.335 e. The zero-order valence-corrected chi connectivity index (χ0v) is 18.8. The van der Waals surface area contributed by atoms with Crippen LogP contribution in [0, 0.1) is 11.3 Å². The fraction of sp³-hybridized carbons (Fsp3) is 0.160. The topological polar surface area (TPSA) is 118 Å². The minimum absolute atomic E-state index is 0.0799. The van der Waals surface area contributed by atoms with Gasteiger partial charge in [0.2, 0.25) is 11.5 Å². The first-order valence-corrected chi connectivity index (χ1v) is 10.8. The second-order valence-corrected chi connectivity index (χ2v) is 7.50. The molecule has 2 heterocycles. The van der Waals surface area contributed by atoms with E-state index in [1.54, 1.807) is 73.7 Å².